The highest BCUT2D eigenvalue weighted by Crippen LogP contribution is 2.18. The summed E-state index contributed by atoms with van der Waals surface area (Å²) in [6, 6.07) is 8.70. The molecule has 1 aromatic rings. The molecule has 0 heterocycles. The zero-order chi connectivity index (χ0) is 12.0. The highest BCUT2D eigenvalue weighted by atomic mass is 14.9. The van der Waals surface area contributed by atoms with Gasteiger partial charge >= 0.3 is 0 Å². The number of benzene rings is 1. The first kappa shape index (κ1) is 12.8. The quantitative estimate of drug-likeness (QED) is 0.739. The van der Waals surface area contributed by atoms with Gasteiger partial charge in [-0.15, -0.1) is 6.42 Å². The van der Waals surface area contributed by atoms with Gasteiger partial charge in [0.25, 0.3) is 0 Å². The van der Waals surface area contributed by atoms with Crippen molar-refractivity contribution in [1.82, 2.24) is 5.32 Å². The summed E-state index contributed by atoms with van der Waals surface area (Å²) in [7, 11) is 0. The van der Waals surface area contributed by atoms with Gasteiger partial charge in [-0.3, -0.25) is 5.32 Å². The van der Waals surface area contributed by atoms with Crippen LogP contribution in [0, 0.1) is 12.3 Å². The minimum Gasteiger partial charge on any atom is -0.329 e. The van der Waals surface area contributed by atoms with Crippen LogP contribution in [0.15, 0.2) is 24.3 Å². The average Bonchev–Trinajstić information content (AvgIpc) is 2.30. The first-order chi connectivity index (χ1) is 7.69. The molecule has 0 amide bonds. The van der Waals surface area contributed by atoms with Crippen LogP contribution in [-0.4, -0.2) is 13.1 Å². The van der Waals surface area contributed by atoms with Crippen molar-refractivity contribution in [3.63, 3.8) is 0 Å². The lowest BCUT2D eigenvalue weighted by Gasteiger charge is -2.16. The maximum atomic E-state index is 5.71. The van der Waals surface area contributed by atoms with E-state index in [2.05, 4.69) is 49.4 Å². The van der Waals surface area contributed by atoms with Gasteiger partial charge in [-0.25, -0.2) is 0 Å². The van der Waals surface area contributed by atoms with Crippen molar-refractivity contribution in [2.75, 3.05) is 13.1 Å². The molecule has 1 aromatic carbocycles. The molecular weight excluding hydrogens is 196 g/mol. The Bertz CT molecular complexity index is 346. The van der Waals surface area contributed by atoms with Crippen molar-refractivity contribution in [2.45, 2.75) is 25.8 Å². The van der Waals surface area contributed by atoms with E-state index in [4.69, 9.17) is 12.2 Å². The molecule has 0 aromatic heterocycles. The average molecular weight is 216 g/mol. The molecular formula is C14H20N2. The van der Waals surface area contributed by atoms with Crippen LogP contribution in [0.3, 0.4) is 0 Å². The molecule has 1 atom stereocenters. The van der Waals surface area contributed by atoms with E-state index in [9.17, 15) is 0 Å². The molecule has 0 spiro atoms. The molecule has 1 rings (SSSR count). The van der Waals surface area contributed by atoms with Crippen molar-refractivity contribution < 1.29 is 0 Å². The Labute approximate surface area is 98.2 Å². The maximum absolute atomic E-state index is 5.71. The lowest BCUT2D eigenvalue weighted by Crippen LogP contribution is -2.28. The van der Waals surface area contributed by atoms with E-state index in [1.54, 1.807) is 0 Å². The number of rotatable bonds is 5. The van der Waals surface area contributed by atoms with Gasteiger partial charge in [0.2, 0.25) is 0 Å². The fourth-order valence-electron chi connectivity index (χ4n) is 1.63. The Hall–Kier alpha value is -1.30. The SMILES string of the molecule is C#CCNC(CN)c1ccc(C(C)C)cc1. The summed E-state index contributed by atoms with van der Waals surface area (Å²) in [5.74, 6) is 3.12. The molecule has 0 saturated heterocycles. The molecule has 86 valence electrons. The lowest BCUT2D eigenvalue weighted by atomic mass is 9.99. The fourth-order valence-corrected chi connectivity index (χ4v) is 1.63. The standard InChI is InChI=1S/C14H20N2/c1-4-9-16-14(10-15)13-7-5-12(6-8-13)11(2)3/h1,5-8,11,14,16H,9-10,15H2,2-3H3. The van der Waals surface area contributed by atoms with Crippen LogP contribution in [0.2, 0.25) is 0 Å². The van der Waals surface area contributed by atoms with E-state index in [1.807, 2.05) is 0 Å². The Kier molecular flexibility index (Phi) is 5.04. The van der Waals surface area contributed by atoms with Gasteiger partial charge in [0.15, 0.2) is 0 Å². The molecule has 0 aliphatic carbocycles. The molecule has 2 heteroatoms. The molecule has 0 radical (unpaired) electrons. The number of hydrogen-bond donors (Lipinski definition) is 2. The lowest BCUT2D eigenvalue weighted by molar-refractivity contribution is 0.582. The fraction of sp³-hybridized carbons (Fsp3) is 0.429. The first-order valence-corrected chi connectivity index (χ1v) is 5.65. The third-order valence-electron chi connectivity index (χ3n) is 2.69. The number of terminal acetylenes is 1. The summed E-state index contributed by atoms with van der Waals surface area (Å²) in [4.78, 5) is 0. The third kappa shape index (κ3) is 3.37. The van der Waals surface area contributed by atoms with E-state index >= 15 is 0 Å². The van der Waals surface area contributed by atoms with Crippen molar-refractivity contribution >= 4 is 0 Å². The van der Waals surface area contributed by atoms with E-state index < -0.39 is 0 Å². The summed E-state index contributed by atoms with van der Waals surface area (Å²) >= 11 is 0. The van der Waals surface area contributed by atoms with Crippen LogP contribution in [0.1, 0.15) is 36.9 Å². The molecule has 16 heavy (non-hydrogen) atoms. The van der Waals surface area contributed by atoms with Gasteiger partial charge in [-0.05, 0) is 17.0 Å². The van der Waals surface area contributed by atoms with Crippen molar-refractivity contribution in [2.24, 2.45) is 5.73 Å². The summed E-state index contributed by atoms with van der Waals surface area (Å²) in [5.41, 5.74) is 8.25. The van der Waals surface area contributed by atoms with Crippen molar-refractivity contribution in [1.29, 1.82) is 0 Å². The number of nitrogens with two attached hydrogens (primary N) is 1. The number of hydrogen-bond acceptors (Lipinski definition) is 2. The van der Waals surface area contributed by atoms with Crippen molar-refractivity contribution in [3.8, 4) is 12.3 Å². The summed E-state index contributed by atoms with van der Waals surface area (Å²) < 4.78 is 0. The van der Waals surface area contributed by atoms with Gasteiger partial charge in [-0.2, -0.15) is 0 Å². The van der Waals surface area contributed by atoms with Crippen LogP contribution >= 0.6 is 0 Å². The number of nitrogens with one attached hydrogen (secondary N) is 1. The van der Waals surface area contributed by atoms with Crippen LogP contribution < -0.4 is 11.1 Å². The molecule has 0 saturated carbocycles. The smallest absolute Gasteiger partial charge is 0.0578 e. The Balaban J connectivity index is 2.75. The van der Waals surface area contributed by atoms with Crippen LogP contribution in [0.5, 0.6) is 0 Å². The second kappa shape index (κ2) is 6.32. The van der Waals surface area contributed by atoms with Crippen LogP contribution in [0.4, 0.5) is 0 Å². The molecule has 0 aliphatic heterocycles. The highest BCUT2D eigenvalue weighted by molar-refractivity contribution is 5.27. The van der Waals surface area contributed by atoms with Crippen molar-refractivity contribution in [3.05, 3.63) is 35.4 Å². The highest BCUT2D eigenvalue weighted by Gasteiger charge is 2.08. The van der Waals surface area contributed by atoms with Gasteiger partial charge in [0.05, 0.1) is 6.54 Å². The minimum atomic E-state index is 0.150. The second-order valence-electron chi connectivity index (χ2n) is 4.19. The molecule has 1 unspecified atom stereocenters. The predicted molar refractivity (Wildman–Crippen MR) is 69.2 cm³/mol. The Morgan fingerprint density at radius 3 is 2.25 bits per heavy atom. The van der Waals surface area contributed by atoms with Gasteiger partial charge in [-0.1, -0.05) is 44.0 Å². The topological polar surface area (TPSA) is 38.0 Å². The molecule has 0 bridgehead atoms. The van der Waals surface area contributed by atoms with E-state index in [-0.39, 0.29) is 6.04 Å². The van der Waals surface area contributed by atoms with E-state index in [0.29, 0.717) is 19.0 Å². The third-order valence-corrected chi connectivity index (χ3v) is 2.69. The predicted octanol–water partition coefficient (Wildman–Crippen LogP) is 2.03. The zero-order valence-electron chi connectivity index (χ0n) is 10.0. The maximum Gasteiger partial charge on any atom is 0.0578 e. The van der Waals surface area contributed by atoms with Gasteiger partial charge < -0.3 is 5.73 Å². The minimum absolute atomic E-state index is 0.150. The Morgan fingerprint density at radius 2 is 1.81 bits per heavy atom. The summed E-state index contributed by atoms with van der Waals surface area (Å²) in [6.07, 6.45) is 5.22. The Morgan fingerprint density at radius 1 is 1.25 bits per heavy atom. The van der Waals surface area contributed by atoms with Gasteiger partial charge in [0, 0.05) is 12.6 Å². The van der Waals surface area contributed by atoms with Gasteiger partial charge in [0.1, 0.15) is 0 Å². The summed E-state index contributed by atoms with van der Waals surface area (Å²) in [6.45, 7) is 5.48. The second-order valence-corrected chi connectivity index (χ2v) is 4.19. The monoisotopic (exact) mass is 216 g/mol. The van der Waals surface area contributed by atoms with Crippen LogP contribution in [0.25, 0.3) is 0 Å². The van der Waals surface area contributed by atoms with Crippen LogP contribution in [-0.2, 0) is 0 Å². The molecule has 3 N–H and O–H groups in total. The first-order valence-electron chi connectivity index (χ1n) is 5.65. The van der Waals surface area contributed by atoms with E-state index in [0.717, 1.165) is 0 Å². The largest absolute Gasteiger partial charge is 0.329 e. The zero-order valence-corrected chi connectivity index (χ0v) is 10.0. The summed E-state index contributed by atoms with van der Waals surface area (Å²) in [5, 5.41) is 3.22. The van der Waals surface area contributed by atoms with E-state index in [1.165, 1.54) is 11.1 Å². The normalized spacial score (nSPS) is 12.4. The molecule has 2 nitrogen and oxygen atoms in total. The molecule has 0 aliphatic rings. The molecule has 0 fully saturated rings.